The lowest BCUT2D eigenvalue weighted by atomic mass is 10.4. The van der Waals surface area contributed by atoms with E-state index in [0.29, 0.717) is 12.4 Å². The third kappa shape index (κ3) is 2.55. The van der Waals surface area contributed by atoms with Crippen molar-refractivity contribution >= 4 is 33.2 Å². The molecule has 0 aliphatic heterocycles. The normalized spacial score (nSPS) is 10.5. The van der Waals surface area contributed by atoms with Crippen molar-refractivity contribution in [1.82, 2.24) is 14.8 Å². The molecule has 0 N–H and O–H groups in total. The van der Waals surface area contributed by atoms with Gasteiger partial charge in [0.15, 0.2) is 5.82 Å². The minimum absolute atomic E-state index is 0.0915. The van der Waals surface area contributed by atoms with Gasteiger partial charge < -0.3 is 4.74 Å². The van der Waals surface area contributed by atoms with E-state index in [1.807, 2.05) is 12.1 Å². The fraction of sp³-hybridized carbons (Fsp3) is 0.300. The van der Waals surface area contributed by atoms with E-state index in [2.05, 4.69) is 26.0 Å². The Morgan fingerprint density at radius 2 is 2.35 bits per heavy atom. The Labute approximate surface area is 111 Å². The van der Waals surface area contributed by atoms with E-state index >= 15 is 0 Å². The molecule has 2 rings (SSSR count). The number of hydrogen-bond donors (Lipinski definition) is 0. The minimum atomic E-state index is -0.495. The average molecular weight is 316 g/mol. The van der Waals surface area contributed by atoms with E-state index in [4.69, 9.17) is 4.74 Å². The Balaban J connectivity index is 2.34. The van der Waals surface area contributed by atoms with E-state index < -0.39 is 5.97 Å². The first kappa shape index (κ1) is 12.3. The van der Waals surface area contributed by atoms with Crippen molar-refractivity contribution in [1.29, 1.82) is 0 Å². The Morgan fingerprint density at radius 1 is 1.59 bits per heavy atom. The third-order valence-electron chi connectivity index (χ3n) is 2.01. The molecule has 0 unspecified atom stereocenters. The summed E-state index contributed by atoms with van der Waals surface area (Å²) in [6.07, 6.45) is 0. The number of aryl methyl sites for hydroxylation is 1. The summed E-state index contributed by atoms with van der Waals surface area (Å²) in [5.41, 5.74) is 0. The molecule has 0 amide bonds. The highest BCUT2D eigenvalue weighted by Crippen LogP contribution is 2.29. The maximum absolute atomic E-state index is 11.5. The van der Waals surface area contributed by atoms with Crippen molar-refractivity contribution in [2.45, 2.75) is 6.92 Å². The van der Waals surface area contributed by atoms with Gasteiger partial charge in [-0.3, -0.25) is 0 Å². The lowest BCUT2D eigenvalue weighted by Crippen LogP contribution is -2.07. The smallest absolute Gasteiger partial charge is 0.378 e. The van der Waals surface area contributed by atoms with Crippen LogP contribution in [0.25, 0.3) is 10.7 Å². The molecule has 2 heterocycles. The van der Waals surface area contributed by atoms with E-state index in [-0.39, 0.29) is 5.82 Å². The summed E-state index contributed by atoms with van der Waals surface area (Å²) in [5.74, 6) is 0.252. The van der Waals surface area contributed by atoms with Crippen LogP contribution in [0.3, 0.4) is 0 Å². The molecule has 0 saturated heterocycles. The van der Waals surface area contributed by atoms with Crippen LogP contribution in [0.15, 0.2) is 15.9 Å². The standard InChI is InChI=1S/C10H10BrN3O2S/c1-3-16-10(15)8-12-9(14(2)13-8)6-4-5-7(11)17-6/h4-5H,3H2,1-2H3. The van der Waals surface area contributed by atoms with Crippen LogP contribution in [-0.2, 0) is 11.8 Å². The van der Waals surface area contributed by atoms with Crippen LogP contribution in [0, 0.1) is 0 Å². The maximum atomic E-state index is 11.5. The zero-order chi connectivity index (χ0) is 12.4. The molecule has 0 spiro atoms. The van der Waals surface area contributed by atoms with Crippen molar-refractivity contribution in [3.05, 3.63) is 21.7 Å². The van der Waals surface area contributed by atoms with Gasteiger partial charge in [-0.25, -0.2) is 14.5 Å². The van der Waals surface area contributed by atoms with Gasteiger partial charge in [0.05, 0.1) is 15.3 Å². The summed E-state index contributed by atoms with van der Waals surface area (Å²) < 4.78 is 7.44. The molecule has 0 atom stereocenters. The highest BCUT2D eigenvalue weighted by Gasteiger charge is 2.17. The lowest BCUT2D eigenvalue weighted by molar-refractivity contribution is 0.0512. The highest BCUT2D eigenvalue weighted by molar-refractivity contribution is 9.11. The number of hydrogen-bond acceptors (Lipinski definition) is 5. The monoisotopic (exact) mass is 315 g/mol. The molecule has 0 bridgehead atoms. The molecule has 2 aromatic heterocycles. The van der Waals surface area contributed by atoms with Crippen molar-refractivity contribution in [2.24, 2.45) is 7.05 Å². The van der Waals surface area contributed by atoms with Crippen LogP contribution in [0.5, 0.6) is 0 Å². The Morgan fingerprint density at radius 3 is 2.94 bits per heavy atom. The quantitative estimate of drug-likeness (QED) is 0.816. The molecule has 7 heteroatoms. The number of ether oxygens (including phenoxy) is 1. The number of rotatable bonds is 3. The number of carbonyl (C=O) groups excluding carboxylic acids is 1. The second-order valence-electron chi connectivity index (χ2n) is 3.21. The minimum Gasteiger partial charge on any atom is -0.460 e. The lowest BCUT2D eigenvalue weighted by Gasteiger charge is -1.94. The van der Waals surface area contributed by atoms with Crippen molar-refractivity contribution in [2.75, 3.05) is 6.61 Å². The fourth-order valence-electron chi connectivity index (χ4n) is 1.32. The average Bonchev–Trinajstić information content (AvgIpc) is 2.85. The molecule has 0 radical (unpaired) electrons. The number of carbonyl (C=O) groups is 1. The first-order valence-electron chi connectivity index (χ1n) is 4.95. The van der Waals surface area contributed by atoms with Gasteiger partial charge in [0.25, 0.3) is 5.82 Å². The van der Waals surface area contributed by atoms with Gasteiger partial charge >= 0.3 is 5.97 Å². The van der Waals surface area contributed by atoms with Gasteiger partial charge in [0, 0.05) is 7.05 Å². The Bertz CT molecular complexity index is 549. The number of esters is 1. The molecular weight excluding hydrogens is 306 g/mol. The Hall–Kier alpha value is -1.21. The van der Waals surface area contributed by atoms with Crippen LogP contribution in [-0.4, -0.2) is 27.3 Å². The molecule has 0 aliphatic carbocycles. The zero-order valence-corrected chi connectivity index (χ0v) is 11.7. The molecule has 0 saturated carbocycles. The highest BCUT2D eigenvalue weighted by atomic mass is 79.9. The first-order chi connectivity index (χ1) is 8.11. The van der Waals surface area contributed by atoms with E-state index in [0.717, 1.165) is 8.66 Å². The molecule has 0 aliphatic rings. The zero-order valence-electron chi connectivity index (χ0n) is 9.31. The number of halogens is 1. The molecular formula is C10H10BrN3O2S. The van der Waals surface area contributed by atoms with Gasteiger partial charge in [-0.15, -0.1) is 16.4 Å². The van der Waals surface area contributed by atoms with Crippen molar-refractivity contribution < 1.29 is 9.53 Å². The van der Waals surface area contributed by atoms with Crippen LogP contribution >= 0.6 is 27.3 Å². The van der Waals surface area contributed by atoms with Gasteiger partial charge in [0.1, 0.15) is 0 Å². The van der Waals surface area contributed by atoms with Crippen LogP contribution in [0.1, 0.15) is 17.5 Å². The second kappa shape index (κ2) is 4.97. The maximum Gasteiger partial charge on any atom is 0.378 e. The predicted molar refractivity (Wildman–Crippen MR) is 68.0 cm³/mol. The van der Waals surface area contributed by atoms with E-state index in [9.17, 15) is 4.79 Å². The second-order valence-corrected chi connectivity index (χ2v) is 5.67. The van der Waals surface area contributed by atoms with Crippen LogP contribution < -0.4 is 0 Å². The molecule has 0 aromatic carbocycles. The molecule has 90 valence electrons. The van der Waals surface area contributed by atoms with Crippen LogP contribution in [0.2, 0.25) is 0 Å². The topological polar surface area (TPSA) is 57.0 Å². The predicted octanol–water partition coefficient (Wildman–Crippen LogP) is 2.48. The van der Waals surface area contributed by atoms with Gasteiger partial charge in [-0.1, -0.05) is 0 Å². The summed E-state index contributed by atoms with van der Waals surface area (Å²) in [5, 5.41) is 4.04. The summed E-state index contributed by atoms with van der Waals surface area (Å²) in [6, 6.07) is 3.85. The van der Waals surface area contributed by atoms with E-state index in [1.165, 1.54) is 11.3 Å². The molecule has 5 nitrogen and oxygen atoms in total. The third-order valence-corrected chi connectivity index (χ3v) is 3.63. The molecule has 0 fully saturated rings. The number of thiophene rings is 1. The van der Waals surface area contributed by atoms with Gasteiger partial charge in [0.2, 0.25) is 0 Å². The molecule has 2 aromatic rings. The SMILES string of the molecule is CCOC(=O)c1nc(-c2ccc(Br)s2)n(C)n1. The summed E-state index contributed by atoms with van der Waals surface area (Å²) in [6.45, 7) is 2.06. The van der Waals surface area contributed by atoms with Gasteiger partial charge in [-0.2, -0.15) is 0 Å². The summed E-state index contributed by atoms with van der Waals surface area (Å²) >= 11 is 4.92. The van der Waals surface area contributed by atoms with E-state index in [1.54, 1.807) is 18.7 Å². The Kier molecular flexibility index (Phi) is 3.58. The summed E-state index contributed by atoms with van der Waals surface area (Å²) in [4.78, 5) is 16.6. The van der Waals surface area contributed by atoms with Crippen LogP contribution in [0.4, 0.5) is 0 Å². The first-order valence-corrected chi connectivity index (χ1v) is 6.56. The summed E-state index contributed by atoms with van der Waals surface area (Å²) in [7, 11) is 1.75. The fourth-order valence-corrected chi connectivity index (χ4v) is 2.72. The van der Waals surface area contributed by atoms with Crippen molar-refractivity contribution in [3.8, 4) is 10.7 Å². The van der Waals surface area contributed by atoms with Gasteiger partial charge in [-0.05, 0) is 35.0 Å². The largest absolute Gasteiger partial charge is 0.460 e. The molecule has 17 heavy (non-hydrogen) atoms. The number of nitrogens with zero attached hydrogens (tertiary/aromatic N) is 3. The number of aromatic nitrogens is 3. The van der Waals surface area contributed by atoms with Crippen molar-refractivity contribution in [3.63, 3.8) is 0 Å².